The van der Waals surface area contributed by atoms with Gasteiger partial charge < -0.3 is 15.7 Å². The lowest BCUT2D eigenvalue weighted by Gasteiger charge is -2.17. The zero-order chi connectivity index (χ0) is 19.9. The van der Waals surface area contributed by atoms with Gasteiger partial charge in [-0.1, -0.05) is 42.5 Å². The second kappa shape index (κ2) is 9.41. The van der Waals surface area contributed by atoms with Gasteiger partial charge in [0.2, 0.25) is 0 Å². The number of amides is 2. The molecule has 0 saturated carbocycles. The Bertz CT molecular complexity index is 718. The molecule has 0 aliphatic carbocycles. The molecule has 4 nitrogen and oxygen atoms in total. The summed E-state index contributed by atoms with van der Waals surface area (Å²) >= 11 is 0. The van der Waals surface area contributed by atoms with E-state index in [1.54, 1.807) is 6.92 Å². The first-order chi connectivity index (χ1) is 12.8. The van der Waals surface area contributed by atoms with Crippen LogP contribution in [0, 0.1) is 0 Å². The smallest absolute Gasteiger partial charge is 0.391 e. The summed E-state index contributed by atoms with van der Waals surface area (Å²) in [5, 5.41) is 15.2. The Morgan fingerprint density at radius 1 is 1.07 bits per heavy atom. The maximum absolute atomic E-state index is 12.6. The van der Waals surface area contributed by atoms with E-state index >= 15 is 0 Å². The number of carbonyl (C=O) groups is 1. The van der Waals surface area contributed by atoms with Gasteiger partial charge in [-0.25, -0.2) is 4.79 Å². The Morgan fingerprint density at radius 2 is 1.70 bits per heavy atom. The Labute approximate surface area is 156 Å². The van der Waals surface area contributed by atoms with E-state index in [1.165, 1.54) is 12.1 Å². The van der Waals surface area contributed by atoms with E-state index in [2.05, 4.69) is 10.6 Å². The Hall–Kier alpha value is -2.54. The normalized spacial score (nSPS) is 13.7. The lowest BCUT2D eigenvalue weighted by molar-refractivity contribution is -0.137. The molecule has 0 radical (unpaired) electrons. The number of halogens is 3. The summed E-state index contributed by atoms with van der Waals surface area (Å²) in [6.45, 7) is 1.77. The first-order valence-electron chi connectivity index (χ1n) is 8.69. The summed E-state index contributed by atoms with van der Waals surface area (Å²) in [7, 11) is 0. The van der Waals surface area contributed by atoms with Gasteiger partial charge in [-0.3, -0.25) is 0 Å². The molecule has 2 aromatic rings. The van der Waals surface area contributed by atoms with Crippen molar-refractivity contribution in [2.24, 2.45) is 0 Å². The number of hydrogen-bond acceptors (Lipinski definition) is 2. The zero-order valence-corrected chi connectivity index (χ0v) is 15.0. The quantitative estimate of drug-likeness (QED) is 0.678. The van der Waals surface area contributed by atoms with E-state index in [9.17, 15) is 23.1 Å². The summed E-state index contributed by atoms with van der Waals surface area (Å²) < 4.78 is 37.7. The standard InChI is InChI=1S/C20H23F3N2O2/c1-14(16-8-10-17(11-9-16)20(21,22)23)25-19(27)24-13-18(26)12-7-15-5-3-2-4-6-15/h2-6,8-11,14,18,26H,7,12-13H2,1H3,(H2,24,25,27)/t14-,18?/m1/s1. The maximum atomic E-state index is 12.6. The second-order valence-corrected chi connectivity index (χ2v) is 6.37. The molecule has 0 fully saturated rings. The zero-order valence-electron chi connectivity index (χ0n) is 15.0. The number of rotatable bonds is 7. The highest BCUT2D eigenvalue weighted by atomic mass is 19.4. The number of carbonyl (C=O) groups excluding carboxylic acids is 1. The predicted molar refractivity (Wildman–Crippen MR) is 97.2 cm³/mol. The van der Waals surface area contributed by atoms with Crippen LogP contribution in [0.25, 0.3) is 0 Å². The average Bonchev–Trinajstić information content (AvgIpc) is 2.65. The third-order valence-electron chi connectivity index (χ3n) is 4.19. The molecule has 146 valence electrons. The average molecular weight is 380 g/mol. The molecule has 0 bridgehead atoms. The fourth-order valence-electron chi connectivity index (χ4n) is 2.58. The molecule has 2 amide bonds. The van der Waals surface area contributed by atoms with Gasteiger partial charge in [-0.05, 0) is 43.0 Å². The maximum Gasteiger partial charge on any atom is 0.416 e. The highest BCUT2D eigenvalue weighted by Gasteiger charge is 2.30. The van der Waals surface area contributed by atoms with Crippen molar-refractivity contribution in [3.63, 3.8) is 0 Å². The summed E-state index contributed by atoms with van der Waals surface area (Å²) in [6.07, 6.45) is -3.86. The van der Waals surface area contributed by atoms with Crippen LogP contribution in [0.1, 0.15) is 36.1 Å². The summed E-state index contributed by atoms with van der Waals surface area (Å²) in [4.78, 5) is 11.9. The van der Waals surface area contributed by atoms with E-state index in [-0.39, 0.29) is 6.54 Å². The Morgan fingerprint density at radius 3 is 2.30 bits per heavy atom. The van der Waals surface area contributed by atoms with E-state index in [4.69, 9.17) is 0 Å². The topological polar surface area (TPSA) is 61.4 Å². The van der Waals surface area contributed by atoms with Crippen molar-refractivity contribution in [3.05, 3.63) is 71.3 Å². The molecule has 2 rings (SSSR count). The highest BCUT2D eigenvalue weighted by Crippen LogP contribution is 2.29. The van der Waals surface area contributed by atoms with E-state index < -0.39 is 29.9 Å². The third kappa shape index (κ3) is 6.94. The number of hydrogen-bond donors (Lipinski definition) is 3. The van der Waals surface area contributed by atoms with Crippen LogP contribution in [-0.4, -0.2) is 23.8 Å². The molecule has 2 aromatic carbocycles. The van der Waals surface area contributed by atoms with Gasteiger partial charge in [0.05, 0.1) is 17.7 Å². The molecule has 0 aliphatic heterocycles. The van der Waals surface area contributed by atoms with E-state index in [0.29, 0.717) is 18.4 Å². The van der Waals surface area contributed by atoms with Gasteiger partial charge in [-0.2, -0.15) is 13.2 Å². The largest absolute Gasteiger partial charge is 0.416 e. The molecule has 7 heteroatoms. The molecule has 2 atom stereocenters. The predicted octanol–water partition coefficient (Wildman–Crippen LogP) is 4.06. The number of nitrogens with one attached hydrogen (secondary N) is 2. The number of benzene rings is 2. The molecule has 1 unspecified atom stereocenters. The van der Waals surface area contributed by atoms with Crippen LogP contribution >= 0.6 is 0 Å². The lowest BCUT2D eigenvalue weighted by Crippen LogP contribution is -2.40. The lowest BCUT2D eigenvalue weighted by atomic mass is 10.1. The minimum Gasteiger partial charge on any atom is -0.391 e. The summed E-state index contributed by atoms with van der Waals surface area (Å²) in [5.41, 5.74) is 0.934. The SMILES string of the molecule is C[C@@H](NC(=O)NCC(O)CCc1ccccc1)c1ccc(C(F)(F)F)cc1. The molecule has 3 N–H and O–H groups in total. The van der Waals surface area contributed by atoms with Gasteiger partial charge in [-0.15, -0.1) is 0 Å². The summed E-state index contributed by atoms with van der Waals surface area (Å²) in [6, 6.07) is 13.4. The van der Waals surface area contributed by atoms with Crippen LogP contribution < -0.4 is 10.6 Å². The first-order valence-corrected chi connectivity index (χ1v) is 8.69. The fourth-order valence-corrected chi connectivity index (χ4v) is 2.58. The molecule has 27 heavy (non-hydrogen) atoms. The molecule has 0 aliphatic rings. The number of aliphatic hydroxyl groups excluding tert-OH is 1. The Kier molecular flexibility index (Phi) is 7.24. The van der Waals surface area contributed by atoms with Gasteiger partial charge in [0.25, 0.3) is 0 Å². The molecule has 0 aromatic heterocycles. The first kappa shape index (κ1) is 20.8. The van der Waals surface area contributed by atoms with E-state index in [0.717, 1.165) is 17.7 Å². The molecular weight excluding hydrogens is 357 g/mol. The summed E-state index contributed by atoms with van der Waals surface area (Å²) in [5.74, 6) is 0. The minimum atomic E-state index is -4.39. The van der Waals surface area contributed by atoms with Crippen LogP contribution in [0.15, 0.2) is 54.6 Å². The number of aryl methyl sites for hydroxylation is 1. The fraction of sp³-hybridized carbons (Fsp3) is 0.350. The third-order valence-corrected chi connectivity index (χ3v) is 4.19. The number of alkyl halides is 3. The number of urea groups is 1. The van der Waals surface area contributed by atoms with Crippen LogP contribution in [0.3, 0.4) is 0 Å². The van der Waals surface area contributed by atoms with Crippen molar-refractivity contribution in [3.8, 4) is 0 Å². The van der Waals surface area contributed by atoms with Crippen molar-refractivity contribution < 1.29 is 23.1 Å². The van der Waals surface area contributed by atoms with Crippen LogP contribution in [0.2, 0.25) is 0 Å². The molecule has 0 spiro atoms. The number of aliphatic hydroxyl groups is 1. The van der Waals surface area contributed by atoms with Gasteiger partial charge in [0.15, 0.2) is 0 Å². The van der Waals surface area contributed by atoms with Crippen molar-refractivity contribution in [2.75, 3.05) is 6.54 Å². The van der Waals surface area contributed by atoms with Crippen molar-refractivity contribution >= 4 is 6.03 Å². The molecule has 0 heterocycles. The second-order valence-electron chi connectivity index (χ2n) is 6.37. The van der Waals surface area contributed by atoms with Gasteiger partial charge in [0.1, 0.15) is 0 Å². The van der Waals surface area contributed by atoms with Gasteiger partial charge in [0, 0.05) is 6.54 Å². The minimum absolute atomic E-state index is 0.0956. The monoisotopic (exact) mass is 380 g/mol. The van der Waals surface area contributed by atoms with Crippen LogP contribution in [0.4, 0.5) is 18.0 Å². The molecular formula is C20H23F3N2O2. The van der Waals surface area contributed by atoms with Crippen LogP contribution in [0.5, 0.6) is 0 Å². The van der Waals surface area contributed by atoms with Crippen molar-refractivity contribution in [1.82, 2.24) is 10.6 Å². The van der Waals surface area contributed by atoms with E-state index in [1.807, 2.05) is 30.3 Å². The molecule has 0 saturated heterocycles. The highest BCUT2D eigenvalue weighted by molar-refractivity contribution is 5.74. The van der Waals surface area contributed by atoms with Crippen molar-refractivity contribution in [2.45, 2.75) is 38.1 Å². The van der Waals surface area contributed by atoms with Gasteiger partial charge >= 0.3 is 12.2 Å². The van der Waals surface area contributed by atoms with Crippen molar-refractivity contribution in [1.29, 1.82) is 0 Å². The van der Waals surface area contributed by atoms with Crippen LogP contribution in [-0.2, 0) is 12.6 Å². The Balaban J connectivity index is 1.74.